The zero-order valence-electron chi connectivity index (χ0n) is 14.1. The van der Waals surface area contributed by atoms with Crippen molar-refractivity contribution in [2.24, 2.45) is 17.8 Å². The van der Waals surface area contributed by atoms with Gasteiger partial charge in [-0.2, -0.15) is 0 Å². The van der Waals surface area contributed by atoms with Crippen molar-refractivity contribution in [1.82, 2.24) is 5.32 Å². The Morgan fingerprint density at radius 1 is 1.10 bits per heavy atom. The maximum absolute atomic E-state index is 5.25. The number of likely N-dealkylation sites (N-methyl/N-ethyl adjacent to an activating group) is 1. The van der Waals surface area contributed by atoms with Gasteiger partial charge in [-0.05, 0) is 67.7 Å². The summed E-state index contributed by atoms with van der Waals surface area (Å²) in [5.74, 6) is 3.50. The molecular formula is C19H31NO. The minimum absolute atomic E-state index is 0.605. The SMILES string of the molecule is CCNC(Cc1ccc(OC)cc1)C1CC(C)CC(C)C1. The summed E-state index contributed by atoms with van der Waals surface area (Å²) < 4.78 is 5.25. The second kappa shape index (κ2) is 7.84. The molecule has 1 aliphatic carbocycles. The molecule has 3 atom stereocenters. The molecule has 0 bridgehead atoms. The Kier molecular flexibility index (Phi) is 6.10. The minimum atomic E-state index is 0.605. The summed E-state index contributed by atoms with van der Waals surface area (Å²) in [6.07, 6.45) is 5.27. The second-order valence-corrected chi connectivity index (χ2v) is 6.89. The Labute approximate surface area is 130 Å². The summed E-state index contributed by atoms with van der Waals surface area (Å²) >= 11 is 0. The molecule has 0 saturated heterocycles. The lowest BCUT2D eigenvalue weighted by Crippen LogP contribution is -2.41. The van der Waals surface area contributed by atoms with E-state index in [1.165, 1.54) is 24.8 Å². The van der Waals surface area contributed by atoms with E-state index in [2.05, 4.69) is 50.4 Å². The van der Waals surface area contributed by atoms with Crippen molar-refractivity contribution in [1.29, 1.82) is 0 Å². The van der Waals surface area contributed by atoms with Gasteiger partial charge in [-0.15, -0.1) is 0 Å². The first-order valence-electron chi connectivity index (χ1n) is 8.48. The van der Waals surface area contributed by atoms with Gasteiger partial charge >= 0.3 is 0 Å². The number of hydrogen-bond donors (Lipinski definition) is 1. The van der Waals surface area contributed by atoms with Crippen LogP contribution in [-0.4, -0.2) is 19.7 Å². The summed E-state index contributed by atoms with van der Waals surface area (Å²) in [5.41, 5.74) is 1.41. The first kappa shape index (κ1) is 16.4. The summed E-state index contributed by atoms with van der Waals surface area (Å²) in [6, 6.07) is 9.17. The normalized spacial score (nSPS) is 27.3. The maximum atomic E-state index is 5.25. The number of hydrogen-bond acceptors (Lipinski definition) is 2. The van der Waals surface area contributed by atoms with Crippen LogP contribution >= 0.6 is 0 Å². The van der Waals surface area contributed by atoms with Crippen LogP contribution in [-0.2, 0) is 6.42 Å². The Hall–Kier alpha value is -1.02. The minimum Gasteiger partial charge on any atom is -0.497 e. The van der Waals surface area contributed by atoms with Crippen molar-refractivity contribution in [3.05, 3.63) is 29.8 Å². The van der Waals surface area contributed by atoms with Crippen molar-refractivity contribution < 1.29 is 4.74 Å². The zero-order valence-corrected chi connectivity index (χ0v) is 14.1. The number of benzene rings is 1. The average Bonchev–Trinajstić information content (AvgIpc) is 2.46. The summed E-state index contributed by atoms with van der Waals surface area (Å²) in [5, 5.41) is 3.74. The molecule has 0 aliphatic heterocycles. The van der Waals surface area contributed by atoms with E-state index in [1.54, 1.807) is 7.11 Å². The highest BCUT2D eigenvalue weighted by atomic mass is 16.5. The fourth-order valence-corrected chi connectivity index (χ4v) is 4.02. The van der Waals surface area contributed by atoms with Crippen LogP contribution in [0, 0.1) is 17.8 Å². The van der Waals surface area contributed by atoms with Crippen LogP contribution < -0.4 is 10.1 Å². The van der Waals surface area contributed by atoms with Crippen LogP contribution in [0.15, 0.2) is 24.3 Å². The number of rotatable bonds is 6. The van der Waals surface area contributed by atoms with E-state index in [-0.39, 0.29) is 0 Å². The van der Waals surface area contributed by atoms with Gasteiger partial charge < -0.3 is 10.1 Å². The molecule has 2 rings (SSSR count). The highest BCUT2D eigenvalue weighted by Gasteiger charge is 2.29. The average molecular weight is 289 g/mol. The number of nitrogens with one attached hydrogen (secondary N) is 1. The van der Waals surface area contributed by atoms with Crippen LogP contribution in [0.5, 0.6) is 5.75 Å². The first-order valence-corrected chi connectivity index (χ1v) is 8.48. The third kappa shape index (κ3) is 4.74. The van der Waals surface area contributed by atoms with Gasteiger partial charge in [0, 0.05) is 6.04 Å². The van der Waals surface area contributed by atoms with E-state index in [4.69, 9.17) is 4.74 Å². The summed E-state index contributed by atoms with van der Waals surface area (Å²) in [7, 11) is 1.72. The third-order valence-corrected chi connectivity index (χ3v) is 4.86. The Morgan fingerprint density at radius 2 is 1.71 bits per heavy atom. The quantitative estimate of drug-likeness (QED) is 0.843. The van der Waals surface area contributed by atoms with Gasteiger partial charge in [0.15, 0.2) is 0 Å². The summed E-state index contributed by atoms with van der Waals surface area (Å²) in [4.78, 5) is 0. The summed E-state index contributed by atoms with van der Waals surface area (Å²) in [6.45, 7) is 8.11. The Balaban J connectivity index is 2.03. The smallest absolute Gasteiger partial charge is 0.118 e. The van der Waals surface area contributed by atoms with Gasteiger partial charge in [0.05, 0.1) is 7.11 Å². The predicted molar refractivity (Wildman–Crippen MR) is 89.8 cm³/mol. The van der Waals surface area contributed by atoms with Crippen molar-refractivity contribution in [2.45, 2.75) is 52.5 Å². The molecule has 1 aromatic rings. The van der Waals surface area contributed by atoms with Crippen LogP contribution in [0.1, 0.15) is 45.6 Å². The number of methoxy groups -OCH3 is 1. The molecule has 118 valence electrons. The predicted octanol–water partition coefficient (Wildman–Crippen LogP) is 4.29. The molecule has 0 aromatic heterocycles. The largest absolute Gasteiger partial charge is 0.497 e. The van der Waals surface area contributed by atoms with Gasteiger partial charge in [0.2, 0.25) is 0 Å². The van der Waals surface area contributed by atoms with E-state index < -0.39 is 0 Å². The van der Waals surface area contributed by atoms with Crippen molar-refractivity contribution >= 4 is 0 Å². The second-order valence-electron chi connectivity index (χ2n) is 6.89. The van der Waals surface area contributed by atoms with Crippen molar-refractivity contribution in [3.8, 4) is 5.75 Å². The van der Waals surface area contributed by atoms with Crippen LogP contribution in [0.4, 0.5) is 0 Å². The van der Waals surface area contributed by atoms with Crippen LogP contribution in [0.2, 0.25) is 0 Å². The van der Waals surface area contributed by atoms with Crippen molar-refractivity contribution in [3.63, 3.8) is 0 Å². The van der Waals surface area contributed by atoms with E-state index in [1.807, 2.05) is 0 Å². The molecule has 1 fully saturated rings. The van der Waals surface area contributed by atoms with Gasteiger partial charge in [-0.1, -0.05) is 32.9 Å². The lowest BCUT2D eigenvalue weighted by atomic mass is 9.72. The van der Waals surface area contributed by atoms with Gasteiger partial charge in [0.1, 0.15) is 5.75 Å². The van der Waals surface area contributed by atoms with Gasteiger partial charge in [-0.3, -0.25) is 0 Å². The van der Waals surface area contributed by atoms with Crippen LogP contribution in [0.25, 0.3) is 0 Å². The molecule has 2 heteroatoms. The molecular weight excluding hydrogens is 258 g/mol. The number of ether oxygens (including phenoxy) is 1. The molecule has 0 amide bonds. The van der Waals surface area contributed by atoms with Crippen molar-refractivity contribution in [2.75, 3.05) is 13.7 Å². The molecule has 2 nitrogen and oxygen atoms in total. The molecule has 1 N–H and O–H groups in total. The molecule has 1 aliphatic rings. The molecule has 0 spiro atoms. The highest BCUT2D eigenvalue weighted by Crippen LogP contribution is 2.35. The Bertz CT molecular complexity index is 404. The van der Waals surface area contributed by atoms with E-state index in [0.29, 0.717) is 6.04 Å². The molecule has 1 aromatic carbocycles. The molecule has 1 saturated carbocycles. The lowest BCUT2D eigenvalue weighted by Gasteiger charge is -2.37. The maximum Gasteiger partial charge on any atom is 0.118 e. The molecule has 21 heavy (non-hydrogen) atoms. The lowest BCUT2D eigenvalue weighted by molar-refractivity contribution is 0.176. The van der Waals surface area contributed by atoms with Gasteiger partial charge in [-0.25, -0.2) is 0 Å². The van der Waals surface area contributed by atoms with Gasteiger partial charge in [0.25, 0.3) is 0 Å². The third-order valence-electron chi connectivity index (χ3n) is 4.86. The first-order chi connectivity index (χ1) is 10.1. The molecule has 3 unspecified atom stereocenters. The fourth-order valence-electron chi connectivity index (χ4n) is 4.02. The zero-order chi connectivity index (χ0) is 15.2. The van der Waals surface area contributed by atoms with E-state index >= 15 is 0 Å². The van der Waals surface area contributed by atoms with Crippen LogP contribution in [0.3, 0.4) is 0 Å². The standard InChI is InChI=1S/C19H31NO/c1-5-20-19(17-11-14(2)10-15(3)12-17)13-16-6-8-18(21-4)9-7-16/h6-9,14-15,17,19-20H,5,10-13H2,1-4H3. The van der Waals surface area contributed by atoms with E-state index in [0.717, 1.165) is 36.5 Å². The monoisotopic (exact) mass is 289 g/mol. The fraction of sp³-hybridized carbons (Fsp3) is 0.684. The molecule has 0 heterocycles. The van der Waals surface area contributed by atoms with E-state index in [9.17, 15) is 0 Å². The highest BCUT2D eigenvalue weighted by molar-refractivity contribution is 5.27. The Morgan fingerprint density at radius 3 is 2.24 bits per heavy atom. The topological polar surface area (TPSA) is 21.3 Å². The molecule has 0 radical (unpaired) electrons.